The van der Waals surface area contributed by atoms with Crippen LogP contribution in [0.5, 0.6) is 0 Å². The SMILES string of the molecule is CC(=O)NCCCc1ccc(-c2csc(NC(=O)CCc3c(C)nc4ncnn4c3C)n2)cc1. The summed E-state index contributed by atoms with van der Waals surface area (Å²) >= 11 is 1.41. The zero-order valence-electron chi connectivity index (χ0n) is 19.5. The lowest BCUT2D eigenvalue weighted by atomic mass is 10.1. The van der Waals surface area contributed by atoms with E-state index < -0.39 is 0 Å². The lowest BCUT2D eigenvalue weighted by Crippen LogP contribution is -2.21. The minimum Gasteiger partial charge on any atom is -0.356 e. The van der Waals surface area contributed by atoms with Gasteiger partial charge in [0.25, 0.3) is 5.78 Å². The molecule has 4 aromatic rings. The zero-order chi connectivity index (χ0) is 24.1. The second-order valence-electron chi connectivity index (χ2n) is 8.10. The molecule has 0 aliphatic heterocycles. The van der Waals surface area contributed by atoms with Crippen LogP contribution in [0.3, 0.4) is 0 Å². The number of hydrogen-bond acceptors (Lipinski definition) is 7. The molecular formula is C24H27N7O2S. The van der Waals surface area contributed by atoms with E-state index in [1.807, 2.05) is 31.4 Å². The number of amides is 2. The van der Waals surface area contributed by atoms with Crippen LogP contribution in [-0.2, 0) is 22.4 Å². The van der Waals surface area contributed by atoms with Crippen LogP contribution in [0, 0.1) is 13.8 Å². The Hall–Kier alpha value is -3.66. The first-order chi connectivity index (χ1) is 16.4. The molecule has 10 heteroatoms. The molecule has 0 aliphatic rings. The summed E-state index contributed by atoms with van der Waals surface area (Å²) in [6.45, 7) is 6.09. The van der Waals surface area contributed by atoms with Gasteiger partial charge in [-0.25, -0.2) is 14.5 Å². The van der Waals surface area contributed by atoms with Crippen LogP contribution in [0.15, 0.2) is 36.0 Å². The molecule has 0 radical (unpaired) electrons. The van der Waals surface area contributed by atoms with Crippen LogP contribution >= 0.6 is 11.3 Å². The largest absolute Gasteiger partial charge is 0.356 e. The van der Waals surface area contributed by atoms with Gasteiger partial charge in [0.05, 0.1) is 5.69 Å². The lowest BCUT2D eigenvalue weighted by molar-refractivity contribution is -0.119. The summed E-state index contributed by atoms with van der Waals surface area (Å²) in [5, 5.41) is 12.4. The second-order valence-corrected chi connectivity index (χ2v) is 8.96. The fourth-order valence-corrected chi connectivity index (χ4v) is 4.54. The molecule has 0 spiro atoms. The average molecular weight is 478 g/mol. The number of nitrogens with one attached hydrogen (secondary N) is 2. The Kier molecular flexibility index (Phi) is 7.27. The van der Waals surface area contributed by atoms with Crippen LogP contribution in [0.25, 0.3) is 17.0 Å². The molecule has 0 saturated heterocycles. The molecule has 176 valence electrons. The van der Waals surface area contributed by atoms with Crippen molar-refractivity contribution in [3.63, 3.8) is 0 Å². The second kappa shape index (κ2) is 10.5. The maximum atomic E-state index is 12.6. The van der Waals surface area contributed by atoms with Crippen LogP contribution in [0.2, 0.25) is 0 Å². The molecule has 34 heavy (non-hydrogen) atoms. The van der Waals surface area contributed by atoms with E-state index in [9.17, 15) is 9.59 Å². The summed E-state index contributed by atoms with van der Waals surface area (Å²) in [4.78, 5) is 36.7. The van der Waals surface area contributed by atoms with Crippen LogP contribution < -0.4 is 10.6 Å². The standard InChI is InChI=1S/C24H27N7O2S/c1-15-20(16(2)31-23(28-15)26-14-27-31)10-11-22(33)30-24-29-21(13-34-24)19-8-6-18(7-9-19)5-4-12-25-17(3)32/h6-9,13-14H,4-5,10-12H2,1-3H3,(H,25,32)(H,29,30,33). The summed E-state index contributed by atoms with van der Waals surface area (Å²) in [6, 6.07) is 8.22. The van der Waals surface area contributed by atoms with Gasteiger partial charge < -0.3 is 10.6 Å². The highest BCUT2D eigenvalue weighted by Gasteiger charge is 2.14. The van der Waals surface area contributed by atoms with Crippen molar-refractivity contribution < 1.29 is 9.59 Å². The zero-order valence-corrected chi connectivity index (χ0v) is 20.3. The lowest BCUT2D eigenvalue weighted by Gasteiger charge is -2.10. The quantitative estimate of drug-likeness (QED) is 0.357. The van der Waals surface area contributed by atoms with Crippen LogP contribution in [0.4, 0.5) is 5.13 Å². The summed E-state index contributed by atoms with van der Waals surface area (Å²) in [7, 11) is 0. The average Bonchev–Trinajstić information content (AvgIpc) is 3.46. The van der Waals surface area contributed by atoms with Gasteiger partial charge in [-0.15, -0.1) is 11.3 Å². The molecule has 2 N–H and O–H groups in total. The fraction of sp³-hybridized carbons (Fsp3) is 0.333. The first-order valence-electron chi connectivity index (χ1n) is 11.2. The Morgan fingerprint density at radius 2 is 1.88 bits per heavy atom. The van der Waals surface area contributed by atoms with Gasteiger partial charge in [0.1, 0.15) is 6.33 Å². The highest BCUT2D eigenvalue weighted by atomic mass is 32.1. The Labute approximate surface area is 201 Å². The molecule has 0 aliphatic carbocycles. The molecular weight excluding hydrogens is 450 g/mol. The van der Waals surface area contributed by atoms with E-state index in [1.165, 1.54) is 30.2 Å². The predicted molar refractivity (Wildman–Crippen MR) is 132 cm³/mol. The van der Waals surface area contributed by atoms with Crippen molar-refractivity contribution in [3.05, 3.63) is 58.5 Å². The van der Waals surface area contributed by atoms with Gasteiger partial charge in [-0.3, -0.25) is 9.59 Å². The summed E-state index contributed by atoms with van der Waals surface area (Å²) < 4.78 is 1.70. The number of hydrogen-bond donors (Lipinski definition) is 2. The van der Waals surface area contributed by atoms with Gasteiger partial charge in [0, 0.05) is 42.2 Å². The molecule has 1 aromatic carbocycles. The highest BCUT2D eigenvalue weighted by Crippen LogP contribution is 2.25. The van der Waals surface area contributed by atoms with Gasteiger partial charge in [-0.1, -0.05) is 24.3 Å². The molecule has 0 saturated carbocycles. The maximum Gasteiger partial charge on any atom is 0.252 e. The molecule has 0 atom stereocenters. The number of fused-ring (bicyclic) bond motifs is 1. The number of thiazole rings is 1. The van der Waals surface area contributed by atoms with Gasteiger partial charge in [0.15, 0.2) is 5.13 Å². The molecule has 0 bridgehead atoms. The van der Waals surface area contributed by atoms with E-state index in [2.05, 4.69) is 42.8 Å². The molecule has 0 unspecified atom stereocenters. The van der Waals surface area contributed by atoms with Gasteiger partial charge >= 0.3 is 0 Å². The van der Waals surface area contributed by atoms with Crippen LogP contribution in [0.1, 0.15) is 42.3 Å². The third-order valence-electron chi connectivity index (χ3n) is 5.61. The van der Waals surface area contributed by atoms with Crippen molar-refractivity contribution in [3.8, 4) is 11.3 Å². The molecule has 2 amide bonds. The van der Waals surface area contributed by atoms with E-state index in [1.54, 1.807) is 4.52 Å². The first kappa shape index (κ1) is 23.5. The number of rotatable bonds is 9. The third kappa shape index (κ3) is 5.63. The van der Waals surface area contributed by atoms with E-state index >= 15 is 0 Å². The molecule has 0 fully saturated rings. The minimum absolute atomic E-state index is 0.00250. The summed E-state index contributed by atoms with van der Waals surface area (Å²) in [5.74, 6) is 0.474. The number of carbonyl (C=O) groups excluding carboxylic acids is 2. The van der Waals surface area contributed by atoms with Gasteiger partial charge in [-0.05, 0) is 44.2 Å². The normalized spacial score (nSPS) is 11.0. The Morgan fingerprint density at radius 1 is 1.09 bits per heavy atom. The topological polar surface area (TPSA) is 114 Å². The van der Waals surface area contributed by atoms with Crippen molar-refractivity contribution in [2.45, 2.75) is 46.5 Å². The summed E-state index contributed by atoms with van der Waals surface area (Å²) in [6.07, 6.45) is 4.16. The van der Waals surface area contributed by atoms with Crippen molar-refractivity contribution in [1.82, 2.24) is 29.9 Å². The van der Waals surface area contributed by atoms with E-state index in [0.29, 0.717) is 30.3 Å². The van der Waals surface area contributed by atoms with E-state index in [-0.39, 0.29) is 11.8 Å². The smallest absolute Gasteiger partial charge is 0.252 e. The number of carbonyl (C=O) groups is 2. The van der Waals surface area contributed by atoms with Crippen molar-refractivity contribution >= 4 is 34.1 Å². The van der Waals surface area contributed by atoms with Gasteiger partial charge in [0.2, 0.25) is 11.8 Å². The van der Waals surface area contributed by atoms with Crippen molar-refractivity contribution in [2.24, 2.45) is 0 Å². The number of aryl methyl sites for hydroxylation is 3. The molecule has 4 rings (SSSR count). The number of aromatic nitrogens is 5. The van der Waals surface area contributed by atoms with E-state index in [4.69, 9.17) is 0 Å². The van der Waals surface area contributed by atoms with Crippen molar-refractivity contribution in [1.29, 1.82) is 0 Å². The Balaban J connectivity index is 1.31. The Morgan fingerprint density at radius 3 is 2.65 bits per heavy atom. The highest BCUT2D eigenvalue weighted by molar-refractivity contribution is 7.14. The monoisotopic (exact) mass is 477 g/mol. The predicted octanol–water partition coefficient (Wildman–Crippen LogP) is 3.50. The Bertz CT molecular complexity index is 1310. The maximum absolute atomic E-state index is 12.6. The number of nitrogens with zero attached hydrogens (tertiary/aromatic N) is 5. The fourth-order valence-electron chi connectivity index (χ4n) is 3.80. The summed E-state index contributed by atoms with van der Waals surface area (Å²) in [5.41, 5.74) is 5.86. The third-order valence-corrected chi connectivity index (χ3v) is 6.36. The number of benzene rings is 1. The van der Waals surface area contributed by atoms with Gasteiger partial charge in [-0.2, -0.15) is 10.1 Å². The molecule has 9 nitrogen and oxygen atoms in total. The van der Waals surface area contributed by atoms with Crippen LogP contribution in [-0.4, -0.2) is 42.9 Å². The number of anilines is 1. The minimum atomic E-state index is -0.0899. The van der Waals surface area contributed by atoms with Crippen molar-refractivity contribution in [2.75, 3.05) is 11.9 Å². The molecule has 3 aromatic heterocycles. The van der Waals surface area contributed by atoms with E-state index in [0.717, 1.165) is 41.1 Å². The molecule has 3 heterocycles. The first-order valence-corrected chi connectivity index (χ1v) is 12.0.